The van der Waals surface area contributed by atoms with Crippen LogP contribution in [0.25, 0.3) is 22.5 Å². The molecule has 3 amide bonds. The molecule has 0 saturated carbocycles. The van der Waals surface area contributed by atoms with E-state index in [0.29, 0.717) is 17.7 Å². The van der Waals surface area contributed by atoms with E-state index in [2.05, 4.69) is 10.3 Å². The lowest BCUT2D eigenvalue weighted by molar-refractivity contribution is -0.136. The average molecular weight is 432 g/mol. The first-order valence-corrected chi connectivity index (χ1v) is 10.4. The Morgan fingerprint density at radius 1 is 1.09 bits per heavy atom. The van der Waals surface area contributed by atoms with Gasteiger partial charge in [0.2, 0.25) is 11.8 Å². The molecule has 1 fully saturated rings. The third kappa shape index (κ3) is 3.28. The number of imidazole rings is 1. The van der Waals surface area contributed by atoms with Gasteiger partial charge in [0.05, 0.1) is 17.7 Å². The number of nitrogens with zero attached hydrogens (tertiary/aromatic N) is 3. The first kappa shape index (κ1) is 20.1. The SMILES string of the molecule is Cc1cc(F)cc(-c2c(-c3ccc4c(c3)CN(C3CCC(=O)NC3=O)C4=O)ncn2C)c1. The van der Waals surface area contributed by atoms with Crippen LogP contribution in [0.2, 0.25) is 0 Å². The van der Waals surface area contributed by atoms with E-state index >= 15 is 0 Å². The summed E-state index contributed by atoms with van der Waals surface area (Å²) in [6.07, 6.45) is 2.21. The van der Waals surface area contributed by atoms with Crippen molar-refractivity contribution in [2.45, 2.75) is 32.4 Å². The van der Waals surface area contributed by atoms with E-state index in [-0.39, 0.29) is 30.6 Å². The molecule has 0 bridgehead atoms. The van der Waals surface area contributed by atoms with Crippen molar-refractivity contribution in [1.29, 1.82) is 0 Å². The summed E-state index contributed by atoms with van der Waals surface area (Å²) in [6.45, 7) is 2.13. The Bertz CT molecular complexity index is 1280. The lowest BCUT2D eigenvalue weighted by Crippen LogP contribution is -2.52. The minimum absolute atomic E-state index is 0.214. The molecular formula is C24H21FN4O3. The highest BCUT2D eigenvalue weighted by Gasteiger charge is 2.39. The number of hydrogen-bond acceptors (Lipinski definition) is 4. The number of aryl methyl sites for hydroxylation is 2. The molecule has 0 aliphatic carbocycles. The van der Waals surface area contributed by atoms with E-state index in [0.717, 1.165) is 27.9 Å². The highest BCUT2D eigenvalue weighted by Crippen LogP contribution is 2.35. The van der Waals surface area contributed by atoms with E-state index in [4.69, 9.17) is 0 Å². The Hall–Kier alpha value is -3.81. The maximum Gasteiger partial charge on any atom is 0.255 e. The van der Waals surface area contributed by atoms with Gasteiger partial charge in [0, 0.05) is 36.7 Å². The molecule has 7 nitrogen and oxygen atoms in total. The second kappa shape index (κ2) is 7.40. The summed E-state index contributed by atoms with van der Waals surface area (Å²) in [5.74, 6) is -1.28. The zero-order chi connectivity index (χ0) is 22.6. The van der Waals surface area contributed by atoms with Crippen molar-refractivity contribution in [2.75, 3.05) is 0 Å². The number of imide groups is 1. The lowest BCUT2D eigenvalue weighted by atomic mass is 10.00. The Balaban J connectivity index is 1.51. The second-order valence-electron chi connectivity index (χ2n) is 8.34. The van der Waals surface area contributed by atoms with Gasteiger partial charge in [-0.25, -0.2) is 9.37 Å². The fourth-order valence-electron chi connectivity index (χ4n) is 4.58. The summed E-state index contributed by atoms with van der Waals surface area (Å²) >= 11 is 0. The highest BCUT2D eigenvalue weighted by atomic mass is 19.1. The van der Waals surface area contributed by atoms with Crippen LogP contribution in [0.5, 0.6) is 0 Å². The quantitative estimate of drug-likeness (QED) is 0.645. The van der Waals surface area contributed by atoms with Crippen molar-refractivity contribution >= 4 is 17.7 Å². The van der Waals surface area contributed by atoms with Gasteiger partial charge >= 0.3 is 0 Å². The molecule has 1 saturated heterocycles. The summed E-state index contributed by atoms with van der Waals surface area (Å²) in [5, 5.41) is 2.31. The maximum absolute atomic E-state index is 14.1. The van der Waals surface area contributed by atoms with Gasteiger partial charge in [0.25, 0.3) is 5.91 Å². The van der Waals surface area contributed by atoms with Gasteiger partial charge in [-0.3, -0.25) is 19.7 Å². The van der Waals surface area contributed by atoms with Crippen molar-refractivity contribution in [3.8, 4) is 22.5 Å². The van der Waals surface area contributed by atoms with Crippen LogP contribution < -0.4 is 5.32 Å². The zero-order valence-corrected chi connectivity index (χ0v) is 17.7. The molecule has 2 aromatic carbocycles. The topological polar surface area (TPSA) is 84.3 Å². The zero-order valence-electron chi connectivity index (χ0n) is 17.7. The van der Waals surface area contributed by atoms with Crippen LogP contribution >= 0.6 is 0 Å². The molecule has 3 heterocycles. The summed E-state index contributed by atoms with van der Waals surface area (Å²) in [4.78, 5) is 42.7. The minimum Gasteiger partial charge on any atom is -0.333 e. The Morgan fingerprint density at radius 3 is 2.66 bits per heavy atom. The second-order valence-corrected chi connectivity index (χ2v) is 8.34. The predicted molar refractivity (Wildman–Crippen MR) is 115 cm³/mol. The van der Waals surface area contributed by atoms with Gasteiger partial charge in [0.15, 0.2) is 0 Å². The molecule has 2 aliphatic heterocycles. The van der Waals surface area contributed by atoms with E-state index in [1.807, 2.05) is 36.7 Å². The van der Waals surface area contributed by atoms with E-state index in [1.165, 1.54) is 17.0 Å². The van der Waals surface area contributed by atoms with Gasteiger partial charge in [-0.2, -0.15) is 0 Å². The van der Waals surface area contributed by atoms with Gasteiger partial charge in [-0.15, -0.1) is 0 Å². The summed E-state index contributed by atoms with van der Waals surface area (Å²) < 4.78 is 15.9. The fourth-order valence-corrected chi connectivity index (χ4v) is 4.58. The number of carbonyl (C=O) groups is 3. The molecule has 8 heteroatoms. The molecular weight excluding hydrogens is 411 g/mol. The minimum atomic E-state index is -0.656. The number of nitrogens with one attached hydrogen (secondary N) is 1. The van der Waals surface area contributed by atoms with Crippen molar-refractivity contribution < 1.29 is 18.8 Å². The third-order valence-electron chi connectivity index (χ3n) is 6.05. The first-order valence-electron chi connectivity index (χ1n) is 10.4. The largest absolute Gasteiger partial charge is 0.333 e. The number of carbonyl (C=O) groups excluding carboxylic acids is 3. The van der Waals surface area contributed by atoms with Gasteiger partial charge in [-0.05, 0) is 54.8 Å². The Labute approximate surface area is 183 Å². The molecule has 0 spiro atoms. The van der Waals surface area contributed by atoms with Gasteiger partial charge in [-0.1, -0.05) is 6.07 Å². The highest BCUT2D eigenvalue weighted by molar-refractivity contribution is 6.05. The van der Waals surface area contributed by atoms with Crippen LogP contribution in [-0.4, -0.2) is 38.2 Å². The molecule has 1 atom stereocenters. The Morgan fingerprint density at radius 2 is 1.91 bits per heavy atom. The summed E-state index contributed by atoms with van der Waals surface area (Å²) in [7, 11) is 1.85. The van der Waals surface area contributed by atoms with Gasteiger partial charge < -0.3 is 9.47 Å². The van der Waals surface area contributed by atoms with E-state index < -0.39 is 11.9 Å². The van der Waals surface area contributed by atoms with Crippen molar-refractivity contribution in [1.82, 2.24) is 19.8 Å². The number of fused-ring (bicyclic) bond motifs is 1. The van der Waals surface area contributed by atoms with Crippen LogP contribution in [0.1, 0.15) is 34.3 Å². The maximum atomic E-state index is 14.1. The number of piperidine rings is 1. The normalized spacial score (nSPS) is 18.2. The predicted octanol–water partition coefficient (Wildman–Crippen LogP) is 2.96. The first-order chi connectivity index (χ1) is 15.3. The van der Waals surface area contributed by atoms with Crippen LogP contribution in [-0.2, 0) is 23.2 Å². The van der Waals surface area contributed by atoms with Gasteiger partial charge in [0.1, 0.15) is 11.9 Å². The molecule has 1 unspecified atom stereocenters. The van der Waals surface area contributed by atoms with Crippen LogP contribution in [0, 0.1) is 12.7 Å². The van der Waals surface area contributed by atoms with Crippen LogP contribution in [0.3, 0.4) is 0 Å². The standard InChI is InChI=1S/C24H21FN4O3/c1-13-7-15(10-17(25)8-13)22-21(26-12-28(22)2)14-3-4-18-16(9-14)11-29(24(18)32)19-5-6-20(30)27-23(19)31/h3-4,7-10,12,19H,5-6,11H2,1-2H3,(H,27,30,31). The fraction of sp³-hybridized carbons (Fsp3) is 0.250. The molecule has 1 aromatic heterocycles. The third-order valence-corrected chi connectivity index (χ3v) is 6.05. The number of hydrogen-bond donors (Lipinski definition) is 1. The summed E-state index contributed by atoms with van der Waals surface area (Å²) in [5.41, 5.74) is 5.14. The monoisotopic (exact) mass is 432 g/mol. The smallest absolute Gasteiger partial charge is 0.255 e. The van der Waals surface area contributed by atoms with Crippen molar-refractivity contribution in [3.63, 3.8) is 0 Å². The number of halogens is 1. The van der Waals surface area contributed by atoms with E-state index in [1.54, 1.807) is 12.4 Å². The van der Waals surface area contributed by atoms with Crippen LogP contribution in [0.15, 0.2) is 42.7 Å². The van der Waals surface area contributed by atoms with Crippen molar-refractivity contribution in [2.24, 2.45) is 7.05 Å². The molecule has 3 aromatic rings. The van der Waals surface area contributed by atoms with Crippen LogP contribution in [0.4, 0.5) is 4.39 Å². The number of aromatic nitrogens is 2. The van der Waals surface area contributed by atoms with Crippen molar-refractivity contribution in [3.05, 3.63) is 65.2 Å². The number of amides is 3. The number of benzene rings is 2. The molecule has 32 heavy (non-hydrogen) atoms. The number of rotatable bonds is 3. The van der Waals surface area contributed by atoms with E-state index in [9.17, 15) is 18.8 Å². The average Bonchev–Trinajstić information content (AvgIpc) is 3.27. The molecule has 5 rings (SSSR count). The summed E-state index contributed by atoms with van der Waals surface area (Å²) in [6, 6.07) is 9.68. The molecule has 1 N–H and O–H groups in total. The molecule has 2 aliphatic rings. The molecule has 162 valence electrons. The lowest BCUT2D eigenvalue weighted by Gasteiger charge is -2.29. The Kier molecular flexibility index (Phi) is 4.65. The molecule has 0 radical (unpaired) electrons.